The first kappa shape index (κ1) is 20.1. The van der Waals surface area contributed by atoms with Crippen LogP contribution in [0.1, 0.15) is 34.6 Å². The number of rotatable bonds is 3. The molecule has 0 aromatic heterocycles. The minimum Gasteiger partial charge on any atom is -0.548 e. The topological polar surface area (TPSA) is 69.7 Å². The molecular formula is C11H20CsNO4. The van der Waals surface area contributed by atoms with E-state index in [0.717, 1.165) is 4.90 Å². The Morgan fingerprint density at radius 1 is 1.24 bits per heavy atom. The van der Waals surface area contributed by atoms with E-state index in [1.165, 1.54) is 7.05 Å². The maximum Gasteiger partial charge on any atom is 1.00 e. The van der Waals surface area contributed by atoms with Crippen LogP contribution in [-0.4, -0.2) is 35.7 Å². The fraction of sp³-hybridized carbons (Fsp3) is 0.818. The van der Waals surface area contributed by atoms with Gasteiger partial charge in [-0.05, 0) is 26.7 Å². The molecular weight excluding hydrogens is 343 g/mol. The molecule has 0 saturated carbocycles. The summed E-state index contributed by atoms with van der Waals surface area (Å²) in [5, 5.41) is 10.9. The first-order valence-corrected chi connectivity index (χ1v) is 5.23. The molecule has 17 heavy (non-hydrogen) atoms. The first-order valence-electron chi connectivity index (χ1n) is 5.23. The maximum absolute atomic E-state index is 11.6. The molecule has 0 aromatic carbocycles. The summed E-state index contributed by atoms with van der Waals surface area (Å²) in [6, 6.07) is -0.977. The Morgan fingerprint density at radius 2 is 1.65 bits per heavy atom. The van der Waals surface area contributed by atoms with Crippen LogP contribution in [0, 0.1) is 5.92 Å². The van der Waals surface area contributed by atoms with Crippen molar-refractivity contribution in [1.29, 1.82) is 0 Å². The molecule has 0 heterocycles. The zero-order chi connectivity index (χ0) is 13.1. The van der Waals surface area contributed by atoms with Crippen molar-refractivity contribution in [3.05, 3.63) is 0 Å². The molecule has 0 saturated heterocycles. The number of likely N-dealkylation sites (N-methyl/N-ethyl adjacent to an activating group) is 1. The Bertz CT molecular complexity index is 273. The number of amides is 1. The van der Waals surface area contributed by atoms with Gasteiger partial charge in [-0.2, -0.15) is 0 Å². The van der Waals surface area contributed by atoms with Crippen LogP contribution < -0.4 is 74.0 Å². The second-order valence-corrected chi connectivity index (χ2v) is 5.10. The summed E-state index contributed by atoms with van der Waals surface area (Å²) in [4.78, 5) is 23.6. The van der Waals surface area contributed by atoms with Gasteiger partial charge in [0.15, 0.2) is 0 Å². The van der Waals surface area contributed by atoms with Gasteiger partial charge in [0.1, 0.15) is 5.60 Å². The largest absolute Gasteiger partial charge is 1.00 e. The van der Waals surface area contributed by atoms with Crippen LogP contribution in [0.25, 0.3) is 0 Å². The van der Waals surface area contributed by atoms with Crippen LogP contribution in [0.4, 0.5) is 4.79 Å². The maximum atomic E-state index is 11.6. The van der Waals surface area contributed by atoms with Gasteiger partial charge in [-0.1, -0.05) is 13.8 Å². The van der Waals surface area contributed by atoms with Crippen molar-refractivity contribution < 1.29 is 88.3 Å². The zero-order valence-corrected chi connectivity index (χ0v) is 18.0. The Kier molecular flexibility index (Phi) is 9.54. The van der Waals surface area contributed by atoms with Crippen LogP contribution in [0.3, 0.4) is 0 Å². The molecule has 0 bridgehead atoms. The number of nitrogens with zero attached hydrogens (tertiary/aromatic N) is 1. The second-order valence-electron chi connectivity index (χ2n) is 5.10. The Balaban J connectivity index is 0. The van der Waals surface area contributed by atoms with Gasteiger partial charge in [0.25, 0.3) is 0 Å². The van der Waals surface area contributed by atoms with Gasteiger partial charge in [0.05, 0.1) is 12.0 Å². The molecule has 0 spiro atoms. The molecule has 0 rings (SSSR count). The molecule has 0 aliphatic carbocycles. The van der Waals surface area contributed by atoms with Crippen molar-refractivity contribution in [1.82, 2.24) is 4.90 Å². The first-order chi connectivity index (χ1) is 7.06. The predicted molar refractivity (Wildman–Crippen MR) is 57.6 cm³/mol. The third-order valence-electron chi connectivity index (χ3n) is 1.97. The number of hydrogen-bond acceptors (Lipinski definition) is 4. The van der Waals surface area contributed by atoms with E-state index in [4.69, 9.17) is 4.74 Å². The normalized spacial score (nSPS) is 12.6. The minimum atomic E-state index is -1.27. The summed E-state index contributed by atoms with van der Waals surface area (Å²) in [7, 11) is 1.40. The molecule has 0 fully saturated rings. The number of carbonyl (C=O) groups excluding carboxylic acids is 2. The van der Waals surface area contributed by atoms with Crippen molar-refractivity contribution in [2.24, 2.45) is 5.92 Å². The van der Waals surface area contributed by atoms with E-state index >= 15 is 0 Å². The van der Waals surface area contributed by atoms with E-state index in [-0.39, 0.29) is 74.8 Å². The van der Waals surface area contributed by atoms with Crippen molar-refractivity contribution >= 4 is 12.1 Å². The Hall–Kier alpha value is 0.792. The molecule has 1 amide bonds. The quantitative estimate of drug-likeness (QED) is 0.562. The number of ether oxygens (including phenoxy) is 1. The molecule has 0 radical (unpaired) electrons. The predicted octanol–water partition coefficient (Wildman–Crippen LogP) is -2.37. The minimum absolute atomic E-state index is 0. The van der Waals surface area contributed by atoms with Crippen LogP contribution in [-0.2, 0) is 9.53 Å². The Labute approximate surface area is 162 Å². The summed E-state index contributed by atoms with van der Waals surface area (Å²) in [6.45, 7) is 8.59. The van der Waals surface area contributed by atoms with Gasteiger partial charge in [-0.15, -0.1) is 0 Å². The van der Waals surface area contributed by atoms with Gasteiger partial charge < -0.3 is 19.5 Å². The number of carboxylic acids is 1. The number of carboxylic acid groups (broad SMARTS) is 1. The van der Waals surface area contributed by atoms with Gasteiger partial charge >= 0.3 is 75.0 Å². The third kappa shape index (κ3) is 7.74. The average Bonchev–Trinajstić information content (AvgIpc) is 1.98. The Morgan fingerprint density at radius 3 is 1.88 bits per heavy atom. The molecule has 94 valence electrons. The standard InChI is InChI=1S/C11H21NO4.Cs/c1-7(2)8(9(13)14)12(6)10(15)16-11(3,4)5;/h7-8H,1-6H3,(H,13,14);/q;+1/p-1/t8-;/m0./s1. The van der Waals surface area contributed by atoms with Crippen molar-refractivity contribution in [3.8, 4) is 0 Å². The summed E-state index contributed by atoms with van der Waals surface area (Å²) in [5.41, 5.74) is -0.640. The smallest absolute Gasteiger partial charge is 0.548 e. The molecule has 0 aliphatic rings. The van der Waals surface area contributed by atoms with Crippen LogP contribution in [0.15, 0.2) is 0 Å². The molecule has 0 N–H and O–H groups in total. The number of hydrogen-bond donors (Lipinski definition) is 0. The van der Waals surface area contributed by atoms with Gasteiger partial charge in [-0.3, -0.25) is 0 Å². The van der Waals surface area contributed by atoms with E-state index in [1.807, 2.05) is 0 Å². The van der Waals surface area contributed by atoms with Crippen molar-refractivity contribution in [3.63, 3.8) is 0 Å². The van der Waals surface area contributed by atoms with Crippen molar-refractivity contribution in [2.45, 2.75) is 46.3 Å². The SMILES string of the molecule is CC(C)[C@@H](C(=O)[O-])N(C)C(=O)OC(C)(C)C.[Cs+]. The monoisotopic (exact) mass is 363 g/mol. The summed E-state index contributed by atoms with van der Waals surface area (Å²) in [6.07, 6.45) is -0.657. The molecule has 0 unspecified atom stereocenters. The van der Waals surface area contributed by atoms with E-state index in [2.05, 4.69) is 0 Å². The van der Waals surface area contributed by atoms with Crippen molar-refractivity contribution in [2.75, 3.05) is 7.05 Å². The summed E-state index contributed by atoms with van der Waals surface area (Å²) in [5.74, 6) is -1.51. The molecule has 0 aromatic rings. The summed E-state index contributed by atoms with van der Waals surface area (Å²) < 4.78 is 5.08. The van der Waals surface area contributed by atoms with Gasteiger partial charge in [0.2, 0.25) is 0 Å². The van der Waals surface area contributed by atoms with Gasteiger partial charge in [0, 0.05) is 7.05 Å². The molecule has 5 nitrogen and oxygen atoms in total. The average molecular weight is 363 g/mol. The third-order valence-corrected chi connectivity index (χ3v) is 1.97. The van der Waals surface area contributed by atoms with E-state index in [0.29, 0.717) is 0 Å². The van der Waals surface area contributed by atoms with Crippen LogP contribution >= 0.6 is 0 Å². The second kappa shape index (κ2) is 8.06. The number of aliphatic carboxylic acids is 1. The fourth-order valence-corrected chi connectivity index (χ4v) is 1.32. The van der Waals surface area contributed by atoms with E-state index in [1.54, 1.807) is 34.6 Å². The van der Waals surface area contributed by atoms with Crippen LogP contribution in [0.2, 0.25) is 0 Å². The molecule has 0 aliphatic heterocycles. The van der Waals surface area contributed by atoms with Crippen LogP contribution in [0.5, 0.6) is 0 Å². The van der Waals surface area contributed by atoms with Gasteiger partial charge in [-0.25, -0.2) is 4.79 Å². The molecule has 1 atom stereocenters. The molecule has 6 heteroatoms. The van der Waals surface area contributed by atoms with E-state index in [9.17, 15) is 14.7 Å². The zero-order valence-electron chi connectivity index (χ0n) is 11.7. The summed E-state index contributed by atoms with van der Waals surface area (Å²) >= 11 is 0. The van der Waals surface area contributed by atoms with E-state index < -0.39 is 23.7 Å². The fourth-order valence-electron chi connectivity index (χ4n) is 1.32. The number of carbonyl (C=O) groups is 2.